The lowest BCUT2D eigenvalue weighted by Crippen LogP contribution is -2.30. The van der Waals surface area contributed by atoms with Crippen LogP contribution in [0.25, 0.3) is 22.3 Å². The molecule has 5 rings (SSSR count). The van der Waals surface area contributed by atoms with Gasteiger partial charge in [-0.15, -0.1) is 0 Å². The Morgan fingerprint density at radius 3 is 2.56 bits per heavy atom. The van der Waals surface area contributed by atoms with E-state index in [0.717, 1.165) is 18.4 Å². The number of hydrogen-bond donors (Lipinski definition) is 3. The smallest absolute Gasteiger partial charge is 0.516 e. The Labute approximate surface area is 230 Å². The van der Waals surface area contributed by atoms with Gasteiger partial charge in [-0.1, -0.05) is 25.1 Å². The van der Waals surface area contributed by atoms with Crippen molar-refractivity contribution < 1.29 is 31.1 Å². The van der Waals surface area contributed by atoms with E-state index >= 15 is 0 Å². The fraction of sp³-hybridized carbons (Fsp3) is 0.280. The third kappa shape index (κ3) is 5.28. The summed E-state index contributed by atoms with van der Waals surface area (Å²) in [6.07, 6.45) is 2.47. The molecule has 1 aliphatic rings. The molecule has 1 saturated carbocycles. The molecule has 9 nitrogen and oxygen atoms in total. The van der Waals surface area contributed by atoms with Crippen LogP contribution in [-0.4, -0.2) is 29.4 Å². The van der Waals surface area contributed by atoms with Gasteiger partial charge < -0.3 is 25.7 Å². The highest BCUT2D eigenvalue weighted by atomic mass is 79.9. The number of halogens is 4. The number of rotatable bonds is 8. The van der Waals surface area contributed by atoms with Crippen LogP contribution >= 0.6 is 15.9 Å². The van der Waals surface area contributed by atoms with Crippen molar-refractivity contribution >= 4 is 48.5 Å². The topological polar surface area (TPSA) is 161 Å². The van der Waals surface area contributed by atoms with Crippen LogP contribution in [0.15, 0.2) is 51.4 Å². The number of anilines is 1. The van der Waals surface area contributed by atoms with Crippen molar-refractivity contribution in [3.05, 3.63) is 69.7 Å². The number of imidazole rings is 1. The largest absolute Gasteiger partial charge is 0.858 e. The van der Waals surface area contributed by atoms with Gasteiger partial charge in [-0.25, -0.2) is 4.98 Å². The molecule has 2 aromatic carbocycles. The van der Waals surface area contributed by atoms with Crippen molar-refractivity contribution in [3.63, 3.8) is 0 Å². The highest BCUT2D eigenvalue weighted by molar-refractivity contribution is 9.10. The molecule has 0 unspecified atom stereocenters. The minimum atomic E-state index is -5.64. The van der Waals surface area contributed by atoms with Crippen molar-refractivity contribution in [3.8, 4) is 11.3 Å². The van der Waals surface area contributed by atoms with Gasteiger partial charge in [-0.2, -0.15) is 21.6 Å². The zero-order valence-corrected chi connectivity index (χ0v) is 23.3. The molecule has 4 aromatic rings. The maximum absolute atomic E-state index is 13.0. The van der Waals surface area contributed by atoms with Gasteiger partial charge in [-0.3, -0.25) is 4.72 Å². The van der Waals surface area contributed by atoms with E-state index in [2.05, 4.69) is 20.9 Å². The van der Waals surface area contributed by atoms with E-state index < -0.39 is 21.4 Å². The second kappa shape index (κ2) is 10.3. The average Bonchev–Trinajstić information content (AvgIpc) is 3.56. The summed E-state index contributed by atoms with van der Waals surface area (Å²) in [6.45, 7) is 2.22. The number of alkyl halides is 3. The molecule has 2 heterocycles. The lowest BCUT2D eigenvalue weighted by Gasteiger charge is -2.15. The summed E-state index contributed by atoms with van der Waals surface area (Å²) in [5.41, 5.74) is -3.49. The molecule has 0 radical (unpaired) electrons. The predicted molar refractivity (Wildman–Crippen MR) is 143 cm³/mol. The molecule has 0 aliphatic heterocycles. The van der Waals surface area contributed by atoms with Crippen LogP contribution in [0.4, 0.5) is 18.9 Å². The van der Waals surface area contributed by atoms with Gasteiger partial charge in [0.25, 0.3) is 0 Å². The fourth-order valence-corrected chi connectivity index (χ4v) is 5.57. The van der Waals surface area contributed by atoms with Crippen LogP contribution in [0.1, 0.15) is 48.5 Å². The summed E-state index contributed by atoms with van der Waals surface area (Å²) in [7, 11) is -5.64. The van der Waals surface area contributed by atoms with Crippen LogP contribution in [-0.2, 0) is 23.0 Å². The quantitative estimate of drug-likeness (QED) is 0.164. The van der Waals surface area contributed by atoms with Crippen LogP contribution in [0.3, 0.4) is 0 Å². The molecular formula is C25H25BrF3N5O4S. The predicted octanol–water partition coefficient (Wildman–Crippen LogP) is 5.87. The Morgan fingerprint density at radius 2 is 1.95 bits per heavy atom. The highest BCUT2D eigenvalue weighted by Crippen LogP contribution is 2.43. The van der Waals surface area contributed by atoms with Crippen LogP contribution in [0, 0.1) is 5.41 Å². The van der Waals surface area contributed by atoms with E-state index in [4.69, 9.17) is 9.83 Å². The Hall–Kier alpha value is -3.36. The molecule has 2 aromatic heterocycles. The highest BCUT2D eigenvalue weighted by Gasteiger charge is 2.46. The number of aryl methyl sites for hydroxylation is 1. The van der Waals surface area contributed by atoms with Crippen LogP contribution in [0.5, 0.6) is 0 Å². The third-order valence-corrected chi connectivity index (χ3v) is 8.21. The fourth-order valence-electron chi connectivity index (χ4n) is 4.38. The molecule has 1 aliphatic carbocycles. The Kier molecular flexibility index (Phi) is 7.58. The summed E-state index contributed by atoms with van der Waals surface area (Å²) in [6, 6.07) is 10.9. The van der Waals surface area contributed by atoms with Gasteiger partial charge >= 0.3 is 15.5 Å². The maximum Gasteiger partial charge on any atom is 0.516 e. The first-order valence-electron chi connectivity index (χ1n) is 11.7. The molecule has 0 spiro atoms. The number of quaternary nitrogens is 1. The number of nitrogens with zero attached hydrogens (tertiary/aromatic N) is 2. The molecule has 0 amide bonds. The molecule has 6 N–H and O–H groups in total. The minimum absolute atomic E-state index is 0. The zero-order chi connectivity index (χ0) is 27.4. The lowest BCUT2D eigenvalue weighted by molar-refractivity contribution is -0.215. The number of fused-ring (bicyclic) bond motifs is 1. The second-order valence-corrected chi connectivity index (χ2v) is 11.4. The van der Waals surface area contributed by atoms with Gasteiger partial charge in [0.2, 0.25) is 0 Å². The summed E-state index contributed by atoms with van der Waals surface area (Å²) in [4.78, 5) is 4.65. The molecule has 208 valence electrons. The zero-order valence-electron chi connectivity index (χ0n) is 20.9. The van der Waals surface area contributed by atoms with E-state index in [1.807, 2.05) is 13.0 Å². The monoisotopic (exact) mass is 627 g/mol. The number of nitrogens with one attached hydrogen (secondary N) is 2. The molecule has 14 heteroatoms. The van der Waals surface area contributed by atoms with Crippen molar-refractivity contribution in [2.45, 2.75) is 44.2 Å². The normalized spacial score (nSPS) is 13.9. The van der Waals surface area contributed by atoms with Crippen molar-refractivity contribution in [1.29, 1.82) is 5.41 Å². The number of aromatic nitrogens is 2. The maximum atomic E-state index is 13.0. The van der Waals surface area contributed by atoms with Crippen molar-refractivity contribution in [2.75, 3.05) is 4.72 Å². The van der Waals surface area contributed by atoms with E-state index in [1.54, 1.807) is 27.5 Å². The number of benzene rings is 2. The Morgan fingerprint density at radius 1 is 1.26 bits per heavy atom. The van der Waals surface area contributed by atoms with Crippen molar-refractivity contribution in [2.24, 2.45) is 0 Å². The SMILES string of the molecule is CCc1nc(C2CC2)c(C(=N)[O-])n1Cc1ccc2oc(-c3ccccc3NS(=O)(=O)C(F)(F)F)c(Br)c2c1.[NH4+]. The van der Waals surface area contributed by atoms with Gasteiger partial charge in [0.1, 0.15) is 11.4 Å². The number of hydrogen-bond acceptors (Lipinski definition) is 6. The summed E-state index contributed by atoms with van der Waals surface area (Å²) in [5, 5.41) is 20.6. The van der Waals surface area contributed by atoms with Crippen molar-refractivity contribution in [1.82, 2.24) is 15.7 Å². The second-order valence-electron chi connectivity index (χ2n) is 8.98. The third-order valence-electron chi connectivity index (χ3n) is 6.32. The average molecular weight is 628 g/mol. The molecular weight excluding hydrogens is 603 g/mol. The lowest BCUT2D eigenvalue weighted by atomic mass is 10.1. The first-order chi connectivity index (χ1) is 17.9. The molecule has 1 fully saturated rings. The van der Waals surface area contributed by atoms with E-state index in [1.165, 1.54) is 18.2 Å². The summed E-state index contributed by atoms with van der Waals surface area (Å²) in [5.74, 6) is 0.270. The van der Waals surface area contributed by atoms with Gasteiger partial charge in [0.15, 0.2) is 5.76 Å². The standard InChI is InChI=1S/C25H22BrF3N4O4S.H3N/c1-2-19-31-21(14-8-9-14)22(24(30)34)33(19)12-13-7-10-18-16(11-13)20(26)23(37-18)15-5-3-4-6-17(15)32-38(35,36)25(27,28)29;/h3-7,10-11,14,32H,2,8-9,12H2,1H3,(H2,30,34);1H3. The first-order valence-corrected chi connectivity index (χ1v) is 13.9. The Balaban J connectivity index is 0.00000353. The van der Waals surface area contributed by atoms with E-state index in [9.17, 15) is 26.7 Å². The molecule has 0 saturated heterocycles. The van der Waals surface area contributed by atoms with Crippen LogP contribution < -0.4 is 16.0 Å². The van der Waals surface area contributed by atoms with Crippen LogP contribution in [0.2, 0.25) is 0 Å². The summed E-state index contributed by atoms with van der Waals surface area (Å²) < 4.78 is 72.1. The number of furan rings is 1. The van der Waals surface area contributed by atoms with Gasteiger partial charge in [0, 0.05) is 35.7 Å². The summed E-state index contributed by atoms with van der Waals surface area (Å²) >= 11 is 3.46. The van der Waals surface area contributed by atoms with Gasteiger partial charge in [-0.05, 0) is 58.6 Å². The van der Waals surface area contributed by atoms with E-state index in [-0.39, 0.29) is 35.6 Å². The van der Waals surface area contributed by atoms with E-state index in [0.29, 0.717) is 39.1 Å². The molecule has 39 heavy (non-hydrogen) atoms. The Bertz CT molecular complexity index is 1680. The first kappa shape index (κ1) is 28.6. The molecule has 0 bridgehead atoms. The molecule has 0 atom stereocenters. The number of sulfonamides is 1. The number of para-hydroxylation sites is 1. The minimum Gasteiger partial charge on any atom is -0.858 e. The van der Waals surface area contributed by atoms with Gasteiger partial charge in [0.05, 0.1) is 21.5 Å².